The second-order valence-electron chi connectivity index (χ2n) is 12.5. The Hall–Kier alpha value is -3.77. The summed E-state index contributed by atoms with van der Waals surface area (Å²) in [7, 11) is -1.22. The van der Waals surface area contributed by atoms with E-state index in [4.69, 9.17) is 14.5 Å². The number of fused-ring (bicyclic) bond motifs is 1. The zero-order chi connectivity index (χ0) is 30.6. The van der Waals surface area contributed by atoms with E-state index >= 15 is 0 Å². The number of hydrogen-bond acceptors (Lipinski definition) is 6. The molecule has 43 heavy (non-hydrogen) atoms. The van der Waals surface area contributed by atoms with E-state index in [9.17, 15) is 13.6 Å². The van der Waals surface area contributed by atoms with Crippen LogP contribution in [0.4, 0.5) is 19.3 Å². The van der Waals surface area contributed by atoms with Crippen LogP contribution in [0.15, 0.2) is 61.1 Å². The van der Waals surface area contributed by atoms with Crippen LogP contribution in [0.3, 0.4) is 0 Å². The third-order valence-electron chi connectivity index (χ3n) is 7.57. The molecule has 3 aromatic heterocycles. The van der Waals surface area contributed by atoms with Crippen molar-refractivity contribution in [1.82, 2.24) is 24.2 Å². The summed E-state index contributed by atoms with van der Waals surface area (Å²) in [6, 6.07) is 14.1. The van der Waals surface area contributed by atoms with Gasteiger partial charge in [-0.15, -0.1) is 0 Å². The van der Waals surface area contributed by atoms with E-state index in [0.717, 1.165) is 34.7 Å². The van der Waals surface area contributed by atoms with Crippen LogP contribution in [0.1, 0.15) is 25.5 Å². The van der Waals surface area contributed by atoms with Crippen molar-refractivity contribution in [2.24, 2.45) is 5.92 Å². The average Bonchev–Trinajstić information content (AvgIpc) is 3.62. The number of rotatable bonds is 11. The van der Waals surface area contributed by atoms with Crippen LogP contribution in [-0.2, 0) is 22.8 Å². The summed E-state index contributed by atoms with van der Waals surface area (Å²) in [5, 5.41) is 8.59. The van der Waals surface area contributed by atoms with Crippen LogP contribution in [-0.4, -0.2) is 64.1 Å². The molecule has 0 unspecified atom stereocenters. The molecule has 1 aromatic carbocycles. The van der Waals surface area contributed by atoms with Gasteiger partial charge in [0.15, 0.2) is 0 Å². The molecule has 0 saturated carbocycles. The molecule has 0 radical (unpaired) electrons. The maximum atomic E-state index is 13.4. The quantitative estimate of drug-likeness (QED) is 0.144. The molecular weight excluding hydrogens is 570 g/mol. The van der Waals surface area contributed by atoms with E-state index in [1.54, 1.807) is 17.2 Å². The molecule has 9 nitrogen and oxygen atoms in total. The van der Waals surface area contributed by atoms with Gasteiger partial charge in [-0.2, -0.15) is 13.9 Å². The molecule has 0 bridgehead atoms. The van der Waals surface area contributed by atoms with E-state index in [0.29, 0.717) is 42.4 Å². The molecule has 230 valence electrons. The summed E-state index contributed by atoms with van der Waals surface area (Å²) < 4.78 is 41.0. The number of pyridine rings is 1. The van der Waals surface area contributed by atoms with Gasteiger partial charge in [-0.05, 0) is 36.1 Å². The van der Waals surface area contributed by atoms with E-state index < -0.39 is 14.6 Å². The maximum Gasteiger partial charge on any atom is 0.410 e. The zero-order valence-corrected chi connectivity index (χ0v) is 26.2. The lowest BCUT2D eigenvalue weighted by atomic mass is 9.95. The Morgan fingerprint density at radius 2 is 1.91 bits per heavy atom. The minimum absolute atomic E-state index is 0.106. The molecule has 5 rings (SSSR count). The molecule has 1 amide bonds. The lowest BCUT2D eigenvalue weighted by Crippen LogP contribution is -2.48. The van der Waals surface area contributed by atoms with Crippen LogP contribution in [0, 0.1) is 5.92 Å². The van der Waals surface area contributed by atoms with Crippen molar-refractivity contribution in [3.63, 3.8) is 0 Å². The number of piperidine rings is 1. The molecule has 0 spiro atoms. The largest absolute Gasteiger partial charge is 0.445 e. The third-order valence-corrected chi connectivity index (χ3v) is 9.28. The molecule has 4 aromatic rings. The number of benzene rings is 1. The van der Waals surface area contributed by atoms with Gasteiger partial charge in [0, 0.05) is 63.4 Å². The Kier molecular flexibility index (Phi) is 9.45. The Morgan fingerprint density at radius 3 is 2.63 bits per heavy atom. The van der Waals surface area contributed by atoms with Gasteiger partial charge in [0.05, 0.1) is 11.4 Å². The molecule has 0 aliphatic carbocycles. The summed E-state index contributed by atoms with van der Waals surface area (Å²) in [6.07, 6.45) is 5.31. The van der Waals surface area contributed by atoms with Gasteiger partial charge in [-0.25, -0.2) is 14.5 Å². The molecule has 1 aliphatic heterocycles. The van der Waals surface area contributed by atoms with Gasteiger partial charge in [-0.1, -0.05) is 56.9 Å². The molecule has 12 heteroatoms. The average molecular weight is 611 g/mol. The van der Waals surface area contributed by atoms with Crippen LogP contribution in [0.5, 0.6) is 0 Å². The van der Waals surface area contributed by atoms with Gasteiger partial charge < -0.3 is 24.3 Å². The van der Waals surface area contributed by atoms with Gasteiger partial charge in [0.25, 0.3) is 0 Å². The van der Waals surface area contributed by atoms with Crippen molar-refractivity contribution in [2.45, 2.75) is 65.0 Å². The summed E-state index contributed by atoms with van der Waals surface area (Å²) >= 11 is 0. The van der Waals surface area contributed by atoms with Crippen molar-refractivity contribution in [3.8, 4) is 11.3 Å². The molecule has 1 saturated heterocycles. The second kappa shape index (κ2) is 13.3. The Balaban J connectivity index is 1.38. The zero-order valence-electron chi connectivity index (χ0n) is 25.2. The first-order chi connectivity index (χ1) is 20.6. The number of nitrogens with one attached hydrogen (secondary N) is 1. The minimum atomic E-state index is -2.74. The number of aromatic nitrogens is 4. The first-order valence-corrected chi connectivity index (χ1v) is 18.4. The van der Waals surface area contributed by atoms with E-state index in [2.05, 4.69) is 37.0 Å². The smallest absolute Gasteiger partial charge is 0.410 e. The molecule has 1 aliphatic rings. The number of hydrogen-bond donors (Lipinski definition) is 1. The van der Waals surface area contributed by atoms with E-state index in [1.165, 1.54) is 6.20 Å². The Morgan fingerprint density at radius 1 is 1.12 bits per heavy atom. The summed E-state index contributed by atoms with van der Waals surface area (Å²) in [5.41, 5.74) is 3.38. The van der Waals surface area contributed by atoms with Crippen molar-refractivity contribution in [1.29, 1.82) is 0 Å². The fourth-order valence-electron chi connectivity index (χ4n) is 5.34. The molecular formula is C31H40F2N6O3Si. The van der Waals surface area contributed by atoms with Crippen LogP contribution < -0.4 is 5.32 Å². The number of likely N-dealkylation sites (tertiary alicyclic amines) is 1. The summed E-state index contributed by atoms with van der Waals surface area (Å²) in [4.78, 5) is 19.5. The Bertz CT molecular complexity index is 1520. The fraction of sp³-hybridized carbons (Fsp3) is 0.452. The highest BCUT2D eigenvalue weighted by molar-refractivity contribution is 6.76. The van der Waals surface area contributed by atoms with Crippen molar-refractivity contribution in [3.05, 3.63) is 66.6 Å². The van der Waals surface area contributed by atoms with Crippen molar-refractivity contribution in [2.75, 3.05) is 25.0 Å². The van der Waals surface area contributed by atoms with E-state index in [1.807, 2.05) is 47.2 Å². The van der Waals surface area contributed by atoms with Gasteiger partial charge in [-0.3, -0.25) is 0 Å². The topological polar surface area (TPSA) is 86.4 Å². The number of carbonyl (C=O) groups excluding carboxylic acids is 1. The number of anilines is 1. The monoisotopic (exact) mass is 610 g/mol. The van der Waals surface area contributed by atoms with Crippen molar-refractivity contribution < 1.29 is 23.0 Å². The SMILES string of the molecule is C[C@H]1C[C@@H](Nc2c(-c3ccn(C(F)F)n3)cnc3c2ccn3COCC[Si](C)(C)C)CN(C(=O)OCc2ccccc2)C1. The molecule has 2 atom stereocenters. The summed E-state index contributed by atoms with van der Waals surface area (Å²) in [6.45, 7) is 8.58. The number of carbonyl (C=O) groups is 1. The first-order valence-electron chi connectivity index (χ1n) is 14.7. The highest BCUT2D eigenvalue weighted by Gasteiger charge is 2.30. The van der Waals surface area contributed by atoms with Gasteiger partial charge >= 0.3 is 12.6 Å². The fourth-order valence-corrected chi connectivity index (χ4v) is 6.10. The van der Waals surface area contributed by atoms with Crippen LogP contribution in [0.25, 0.3) is 22.3 Å². The lowest BCUT2D eigenvalue weighted by Gasteiger charge is -2.37. The second-order valence-corrected chi connectivity index (χ2v) is 18.1. The normalized spacial score (nSPS) is 17.5. The molecule has 4 heterocycles. The number of ether oxygens (including phenoxy) is 2. The predicted molar refractivity (Wildman–Crippen MR) is 166 cm³/mol. The van der Waals surface area contributed by atoms with Gasteiger partial charge in [0.2, 0.25) is 0 Å². The molecule has 1 N–H and O–H groups in total. The number of alkyl halides is 2. The highest BCUT2D eigenvalue weighted by atomic mass is 28.3. The third kappa shape index (κ3) is 7.79. The van der Waals surface area contributed by atoms with Crippen LogP contribution in [0.2, 0.25) is 25.7 Å². The maximum absolute atomic E-state index is 13.4. The van der Waals surface area contributed by atoms with E-state index in [-0.39, 0.29) is 24.7 Å². The highest BCUT2D eigenvalue weighted by Crippen LogP contribution is 2.35. The van der Waals surface area contributed by atoms with Crippen LogP contribution >= 0.6 is 0 Å². The number of nitrogens with zero attached hydrogens (tertiary/aromatic N) is 5. The number of amides is 1. The van der Waals surface area contributed by atoms with Gasteiger partial charge in [0.1, 0.15) is 19.0 Å². The first kappa shape index (κ1) is 30.7. The Labute approximate surface area is 251 Å². The minimum Gasteiger partial charge on any atom is -0.445 e. The lowest BCUT2D eigenvalue weighted by molar-refractivity contribution is 0.0568. The predicted octanol–water partition coefficient (Wildman–Crippen LogP) is 7.07. The number of halogens is 2. The molecule has 1 fully saturated rings. The standard InChI is InChI=1S/C31H40F2N6O3Si/c1-22-16-24(19-38(18-22)31(40)42-20-23-8-6-5-7-9-23)35-28-25-10-12-37(21-41-14-15-43(2,3)4)29(25)34-17-26(28)27-11-13-39(36-27)30(32)33/h5-13,17,22,24,30H,14-16,18-21H2,1-4H3,(H,34,35)/t22-,24+/m0/s1. The van der Waals surface area contributed by atoms with Crippen molar-refractivity contribution >= 4 is 30.9 Å². The summed E-state index contributed by atoms with van der Waals surface area (Å²) in [5.74, 6) is 0.221.